The van der Waals surface area contributed by atoms with Gasteiger partial charge in [-0.15, -0.1) is 10.2 Å². The van der Waals surface area contributed by atoms with Crippen LogP contribution >= 0.6 is 11.9 Å². The highest BCUT2D eigenvalue weighted by molar-refractivity contribution is 8.00. The van der Waals surface area contributed by atoms with E-state index >= 15 is 0 Å². The van der Waals surface area contributed by atoms with Crippen molar-refractivity contribution in [2.45, 2.75) is 39.7 Å². The third-order valence-electron chi connectivity index (χ3n) is 6.29. The lowest BCUT2D eigenvalue weighted by Gasteiger charge is -2.45. The summed E-state index contributed by atoms with van der Waals surface area (Å²) in [5, 5.41) is 8.98. The molecule has 2 heterocycles. The Morgan fingerprint density at radius 1 is 1.12 bits per heavy atom. The van der Waals surface area contributed by atoms with Gasteiger partial charge in [0.25, 0.3) is 0 Å². The summed E-state index contributed by atoms with van der Waals surface area (Å²) in [5.74, 6) is 3.91. The SMILES string of the molecule is COc1cccc(OC)c1-n1c(NSCC(OC)C2CC(C)(C)C2)nnc1-c1cncc(C)c1. The van der Waals surface area contributed by atoms with Crippen LogP contribution in [-0.2, 0) is 4.74 Å². The molecule has 4 rings (SSSR count). The van der Waals surface area contributed by atoms with Crippen molar-refractivity contribution in [3.8, 4) is 28.6 Å². The second-order valence-corrected chi connectivity index (χ2v) is 10.3. The molecule has 182 valence electrons. The van der Waals surface area contributed by atoms with Crippen LogP contribution in [0.25, 0.3) is 17.1 Å². The first kappa shape index (κ1) is 24.3. The maximum atomic E-state index is 5.81. The molecule has 34 heavy (non-hydrogen) atoms. The molecule has 9 heteroatoms. The number of aromatic nitrogens is 4. The monoisotopic (exact) mass is 483 g/mol. The number of para-hydroxylation sites is 1. The molecule has 2 aromatic heterocycles. The zero-order chi connectivity index (χ0) is 24.3. The van der Waals surface area contributed by atoms with E-state index in [9.17, 15) is 0 Å². The summed E-state index contributed by atoms with van der Waals surface area (Å²) in [7, 11) is 5.07. The van der Waals surface area contributed by atoms with Crippen molar-refractivity contribution in [2.24, 2.45) is 11.3 Å². The van der Waals surface area contributed by atoms with E-state index in [1.165, 1.54) is 12.8 Å². The zero-order valence-electron chi connectivity index (χ0n) is 20.7. The Hall–Kier alpha value is -2.78. The molecule has 0 spiro atoms. The smallest absolute Gasteiger partial charge is 0.239 e. The van der Waals surface area contributed by atoms with Crippen LogP contribution in [0.5, 0.6) is 11.5 Å². The normalized spacial score (nSPS) is 16.1. The number of nitrogens with zero attached hydrogens (tertiary/aromatic N) is 4. The minimum absolute atomic E-state index is 0.183. The van der Waals surface area contributed by atoms with Gasteiger partial charge in [0.15, 0.2) is 5.82 Å². The number of benzene rings is 1. The second-order valence-electron chi connectivity index (χ2n) is 9.46. The highest BCUT2D eigenvalue weighted by atomic mass is 32.2. The molecule has 1 aromatic carbocycles. The fraction of sp³-hybridized carbons (Fsp3) is 0.480. The van der Waals surface area contributed by atoms with E-state index in [0.717, 1.165) is 22.6 Å². The average Bonchev–Trinajstić information content (AvgIpc) is 3.23. The molecule has 0 radical (unpaired) electrons. The lowest BCUT2D eigenvalue weighted by Crippen LogP contribution is -2.41. The van der Waals surface area contributed by atoms with Gasteiger partial charge in [0.2, 0.25) is 5.95 Å². The molecule has 1 aliphatic carbocycles. The van der Waals surface area contributed by atoms with Gasteiger partial charge in [-0.2, -0.15) is 0 Å². The van der Waals surface area contributed by atoms with Gasteiger partial charge in [-0.05, 0) is 66.8 Å². The highest BCUT2D eigenvalue weighted by Crippen LogP contribution is 2.47. The summed E-state index contributed by atoms with van der Waals surface area (Å²) in [5.41, 5.74) is 3.03. The number of pyridine rings is 1. The van der Waals surface area contributed by atoms with Gasteiger partial charge in [-0.3, -0.25) is 14.3 Å². The Kier molecular flexibility index (Phi) is 7.33. The van der Waals surface area contributed by atoms with E-state index in [1.54, 1.807) is 39.5 Å². The van der Waals surface area contributed by atoms with Crippen molar-refractivity contribution in [3.05, 3.63) is 42.2 Å². The summed E-state index contributed by atoms with van der Waals surface area (Å²) in [6.07, 6.45) is 6.15. The van der Waals surface area contributed by atoms with Gasteiger partial charge >= 0.3 is 0 Å². The van der Waals surface area contributed by atoms with Crippen molar-refractivity contribution in [1.82, 2.24) is 19.7 Å². The van der Waals surface area contributed by atoms with Gasteiger partial charge in [0.1, 0.15) is 17.2 Å². The minimum atomic E-state index is 0.183. The fourth-order valence-corrected chi connectivity index (χ4v) is 5.60. The van der Waals surface area contributed by atoms with Crippen molar-refractivity contribution in [2.75, 3.05) is 31.8 Å². The summed E-state index contributed by atoms with van der Waals surface area (Å²) in [6.45, 7) is 6.63. The number of methoxy groups -OCH3 is 3. The van der Waals surface area contributed by atoms with Crippen molar-refractivity contribution >= 4 is 17.9 Å². The van der Waals surface area contributed by atoms with Crippen molar-refractivity contribution in [1.29, 1.82) is 0 Å². The standard InChI is InChI=1S/C25H33N5O3S/c1-16-10-17(14-26-13-16)23-27-28-24(29-34-15-21(33-6)18-11-25(2,3)12-18)30(23)22-19(31-4)8-7-9-20(22)32-5/h7-10,13-14,18,21H,11-12,15H2,1-6H3,(H,28,29). The van der Waals surface area contributed by atoms with E-state index in [4.69, 9.17) is 14.2 Å². The van der Waals surface area contributed by atoms with Crippen LogP contribution in [0, 0.1) is 18.3 Å². The Balaban J connectivity index is 1.66. The van der Waals surface area contributed by atoms with E-state index in [-0.39, 0.29) is 6.10 Å². The number of rotatable bonds is 10. The Labute approximate surface area is 205 Å². The largest absolute Gasteiger partial charge is 0.494 e. The lowest BCUT2D eigenvalue weighted by atomic mass is 9.63. The number of anilines is 1. The third-order valence-corrected chi connectivity index (χ3v) is 7.11. The maximum absolute atomic E-state index is 5.81. The van der Waals surface area contributed by atoms with E-state index in [2.05, 4.69) is 33.8 Å². The van der Waals surface area contributed by atoms with Crippen LogP contribution in [0.2, 0.25) is 0 Å². The first-order valence-corrected chi connectivity index (χ1v) is 12.3. The quantitative estimate of drug-likeness (QED) is 0.396. The maximum Gasteiger partial charge on any atom is 0.239 e. The van der Waals surface area contributed by atoms with E-state index in [1.807, 2.05) is 42.0 Å². The van der Waals surface area contributed by atoms with E-state index in [0.29, 0.717) is 34.6 Å². The Bertz CT molecular complexity index is 1100. The second kappa shape index (κ2) is 10.2. The molecule has 1 saturated carbocycles. The highest BCUT2D eigenvalue weighted by Gasteiger charge is 2.40. The zero-order valence-corrected chi connectivity index (χ0v) is 21.5. The van der Waals surface area contributed by atoms with Crippen LogP contribution in [0.4, 0.5) is 5.95 Å². The Morgan fingerprint density at radius 2 is 1.82 bits per heavy atom. The topological polar surface area (TPSA) is 83.3 Å². The molecule has 1 N–H and O–H groups in total. The number of ether oxygens (including phenoxy) is 3. The lowest BCUT2D eigenvalue weighted by molar-refractivity contribution is -0.0248. The Morgan fingerprint density at radius 3 is 2.41 bits per heavy atom. The molecule has 8 nitrogen and oxygen atoms in total. The fourth-order valence-electron chi connectivity index (χ4n) is 4.69. The van der Waals surface area contributed by atoms with Crippen LogP contribution in [0.3, 0.4) is 0 Å². The third kappa shape index (κ3) is 5.00. The molecule has 0 aliphatic heterocycles. The van der Waals surface area contributed by atoms with Crippen LogP contribution in [-0.4, -0.2) is 52.9 Å². The summed E-state index contributed by atoms with van der Waals surface area (Å²) in [4.78, 5) is 4.35. The molecule has 1 fully saturated rings. The van der Waals surface area contributed by atoms with Crippen LogP contribution < -0.4 is 14.2 Å². The summed E-state index contributed by atoms with van der Waals surface area (Å²) < 4.78 is 22.5. The average molecular weight is 484 g/mol. The van der Waals surface area contributed by atoms with Crippen LogP contribution in [0.1, 0.15) is 32.3 Å². The number of hydrogen-bond donors (Lipinski definition) is 1. The summed E-state index contributed by atoms with van der Waals surface area (Å²) >= 11 is 1.57. The number of nitrogens with one attached hydrogen (secondary N) is 1. The van der Waals surface area contributed by atoms with Crippen LogP contribution in [0.15, 0.2) is 36.7 Å². The van der Waals surface area contributed by atoms with Crippen molar-refractivity contribution in [3.63, 3.8) is 0 Å². The van der Waals surface area contributed by atoms with Crippen molar-refractivity contribution < 1.29 is 14.2 Å². The van der Waals surface area contributed by atoms with Gasteiger partial charge in [-0.25, -0.2) is 0 Å². The minimum Gasteiger partial charge on any atom is -0.494 e. The first-order chi connectivity index (χ1) is 16.4. The molecule has 1 unspecified atom stereocenters. The van der Waals surface area contributed by atoms with Gasteiger partial charge in [0, 0.05) is 30.8 Å². The van der Waals surface area contributed by atoms with Gasteiger partial charge in [0.05, 0.1) is 20.3 Å². The molecule has 0 amide bonds. The van der Waals surface area contributed by atoms with Gasteiger partial charge < -0.3 is 14.2 Å². The molecule has 1 atom stereocenters. The summed E-state index contributed by atoms with van der Waals surface area (Å²) in [6, 6.07) is 7.72. The predicted molar refractivity (Wildman–Crippen MR) is 136 cm³/mol. The number of hydrogen-bond acceptors (Lipinski definition) is 8. The molecular formula is C25H33N5O3S. The predicted octanol–water partition coefficient (Wildman–Crippen LogP) is 5.17. The molecule has 0 bridgehead atoms. The molecular weight excluding hydrogens is 450 g/mol. The van der Waals surface area contributed by atoms with Gasteiger partial charge in [-0.1, -0.05) is 19.9 Å². The van der Waals surface area contributed by atoms with E-state index < -0.39 is 0 Å². The molecule has 1 aliphatic rings. The molecule has 3 aromatic rings. The first-order valence-electron chi connectivity index (χ1n) is 11.4. The molecule has 0 saturated heterocycles. The number of aryl methyl sites for hydroxylation is 1.